The van der Waals surface area contributed by atoms with Crippen molar-refractivity contribution in [3.63, 3.8) is 0 Å². The molecule has 62 heavy (non-hydrogen) atoms. The van der Waals surface area contributed by atoms with Gasteiger partial charge in [0, 0.05) is 39.9 Å². The van der Waals surface area contributed by atoms with E-state index < -0.39 is 0 Å². The second-order valence-electron chi connectivity index (χ2n) is 15.8. The van der Waals surface area contributed by atoms with Crippen molar-refractivity contribution in [2.75, 3.05) is 0 Å². The number of benzene rings is 9. The number of hydrogen-bond acceptors (Lipinski definition) is 4. The maximum absolute atomic E-state index is 5.46. The van der Waals surface area contributed by atoms with E-state index in [9.17, 15) is 0 Å². The molecule has 0 spiro atoms. The van der Waals surface area contributed by atoms with Crippen LogP contribution >= 0.6 is 0 Å². The van der Waals surface area contributed by atoms with Gasteiger partial charge in [0.1, 0.15) is 0 Å². The van der Waals surface area contributed by atoms with Crippen LogP contribution in [0.3, 0.4) is 0 Å². The van der Waals surface area contributed by atoms with Gasteiger partial charge in [-0.15, -0.1) is 0 Å². The number of hydrogen-bond donors (Lipinski definition) is 0. The van der Waals surface area contributed by atoms with Gasteiger partial charge in [0.2, 0.25) is 0 Å². The number of pyridine rings is 2. The number of aromatic nitrogens is 4. The zero-order valence-corrected chi connectivity index (χ0v) is 33.6. The van der Waals surface area contributed by atoms with E-state index >= 15 is 0 Å². The van der Waals surface area contributed by atoms with Gasteiger partial charge in [-0.3, -0.25) is 9.97 Å². The summed E-state index contributed by atoms with van der Waals surface area (Å²) in [6, 6.07) is 73.5. The average Bonchev–Trinajstić information content (AvgIpc) is 3.35. The van der Waals surface area contributed by atoms with E-state index in [4.69, 9.17) is 9.97 Å². The monoisotopic (exact) mass is 788 g/mol. The Bertz CT molecular complexity index is 3490. The molecule has 4 nitrogen and oxygen atoms in total. The summed E-state index contributed by atoms with van der Waals surface area (Å²) in [4.78, 5) is 19.8. The minimum absolute atomic E-state index is 0.671. The van der Waals surface area contributed by atoms with Gasteiger partial charge in [-0.2, -0.15) is 0 Å². The molecule has 3 aromatic heterocycles. The zero-order valence-electron chi connectivity index (χ0n) is 33.6. The smallest absolute Gasteiger partial charge is 0.160 e. The molecule has 0 saturated heterocycles. The predicted molar refractivity (Wildman–Crippen MR) is 258 cm³/mol. The summed E-state index contributed by atoms with van der Waals surface area (Å²) in [5.41, 5.74) is 13.7. The first kappa shape index (κ1) is 35.6. The highest BCUT2D eigenvalue weighted by Crippen LogP contribution is 2.44. The van der Waals surface area contributed by atoms with Gasteiger partial charge in [-0.25, -0.2) is 9.97 Å². The van der Waals surface area contributed by atoms with Crippen LogP contribution < -0.4 is 0 Å². The summed E-state index contributed by atoms with van der Waals surface area (Å²) < 4.78 is 0. The molecule has 0 N–H and O–H groups in total. The third-order valence-corrected chi connectivity index (χ3v) is 12.1. The molecule has 0 aliphatic rings. The van der Waals surface area contributed by atoms with Crippen LogP contribution in [0.25, 0.3) is 121 Å². The lowest BCUT2D eigenvalue weighted by molar-refractivity contribution is 1.19. The lowest BCUT2D eigenvalue weighted by Gasteiger charge is -2.18. The molecule has 9 aromatic carbocycles. The van der Waals surface area contributed by atoms with Gasteiger partial charge in [0.15, 0.2) is 5.82 Å². The van der Waals surface area contributed by atoms with Crippen molar-refractivity contribution in [3.05, 3.63) is 219 Å². The molecule has 0 aliphatic heterocycles. The Morgan fingerprint density at radius 3 is 1.29 bits per heavy atom. The summed E-state index contributed by atoms with van der Waals surface area (Å²) in [6.07, 6.45) is 3.67. The second kappa shape index (κ2) is 14.7. The summed E-state index contributed by atoms with van der Waals surface area (Å²) >= 11 is 0. The van der Waals surface area contributed by atoms with E-state index in [2.05, 4.69) is 204 Å². The van der Waals surface area contributed by atoms with Crippen LogP contribution in [0.2, 0.25) is 0 Å². The number of nitrogens with zero attached hydrogens (tertiary/aromatic N) is 4. The largest absolute Gasteiger partial charge is 0.256 e. The van der Waals surface area contributed by atoms with Crippen LogP contribution in [-0.2, 0) is 0 Å². The molecule has 0 atom stereocenters. The number of rotatable bonds is 6. The van der Waals surface area contributed by atoms with Gasteiger partial charge in [-0.05, 0) is 114 Å². The van der Waals surface area contributed by atoms with Gasteiger partial charge >= 0.3 is 0 Å². The molecule has 0 bridgehead atoms. The molecule has 4 heteroatoms. The molecule has 12 aromatic rings. The zero-order chi connectivity index (χ0) is 41.0. The SMILES string of the molecule is c1ccc2cc(-c3c4ccccc4c(-c4cc(-c5ccc(-c6ccc7ncccc7c6)cc5)nc(-c5ccc(-c6ccc7ncccc7c6)cc5)n4)c4ccccc34)ccc2c1. The minimum atomic E-state index is 0.671. The summed E-state index contributed by atoms with van der Waals surface area (Å²) in [7, 11) is 0. The fourth-order valence-corrected chi connectivity index (χ4v) is 9.07. The molecule has 3 heterocycles. The fourth-order valence-electron chi connectivity index (χ4n) is 9.07. The van der Waals surface area contributed by atoms with Crippen LogP contribution in [0.1, 0.15) is 0 Å². The van der Waals surface area contributed by atoms with E-state index in [-0.39, 0.29) is 0 Å². The minimum Gasteiger partial charge on any atom is -0.256 e. The van der Waals surface area contributed by atoms with Crippen LogP contribution in [0, 0.1) is 0 Å². The third kappa shape index (κ3) is 6.25. The highest BCUT2D eigenvalue weighted by atomic mass is 14.9. The van der Waals surface area contributed by atoms with Crippen LogP contribution in [0.4, 0.5) is 0 Å². The Kier molecular flexibility index (Phi) is 8.46. The summed E-state index contributed by atoms with van der Waals surface area (Å²) in [5, 5.41) is 9.34. The van der Waals surface area contributed by atoms with Gasteiger partial charge in [-0.1, -0.05) is 158 Å². The Balaban J connectivity index is 1.04. The van der Waals surface area contributed by atoms with E-state index in [1.807, 2.05) is 24.5 Å². The molecule has 12 rings (SSSR count). The highest BCUT2D eigenvalue weighted by molar-refractivity contribution is 6.21. The van der Waals surface area contributed by atoms with Crippen molar-refractivity contribution in [2.45, 2.75) is 0 Å². The van der Waals surface area contributed by atoms with E-state index in [0.29, 0.717) is 5.82 Å². The normalized spacial score (nSPS) is 11.5. The Labute approximate surface area is 358 Å². The summed E-state index contributed by atoms with van der Waals surface area (Å²) in [5.74, 6) is 0.671. The molecule has 0 aliphatic carbocycles. The van der Waals surface area contributed by atoms with Crippen molar-refractivity contribution < 1.29 is 0 Å². The van der Waals surface area contributed by atoms with Crippen molar-refractivity contribution >= 4 is 54.1 Å². The van der Waals surface area contributed by atoms with Crippen molar-refractivity contribution in [3.8, 4) is 67.3 Å². The lowest BCUT2D eigenvalue weighted by atomic mass is 9.86. The van der Waals surface area contributed by atoms with E-state index in [0.717, 1.165) is 82.9 Å². The van der Waals surface area contributed by atoms with Crippen molar-refractivity contribution in [2.24, 2.45) is 0 Å². The van der Waals surface area contributed by atoms with Crippen molar-refractivity contribution in [1.29, 1.82) is 0 Å². The molecule has 0 radical (unpaired) electrons. The first-order valence-corrected chi connectivity index (χ1v) is 20.9. The van der Waals surface area contributed by atoms with E-state index in [1.165, 1.54) is 32.7 Å². The van der Waals surface area contributed by atoms with Crippen LogP contribution in [-0.4, -0.2) is 19.9 Å². The standard InChI is InChI=1S/C58H36N4/c1-2-10-42-35-47(26-21-37(42)9-1)56-48-13-3-5-15-50(48)57(51-16-6-4-14-49(51)56)55-36-54(40-22-17-38(18-23-40)43-27-29-52-45(33-43)11-7-31-59-52)61-58(62-55)41-24-19-39(20-25-41)44-28-30-53-46(34-44)12-8-32-60-53/h1-36H. The maximum atomic E-state index is 5.46. The van der Waals surface area contributed by atoms with Gasteiger partial charge in [0.05, 0.1) is 22.4 Å². The third-order valence-electron chi connectivity index (χ3n) is 12.1. The second-order valence-corrected chi connectivity index (χ2v) is 15.8. The molecule has 0 amide bonds. The highest BCUT2D eigenvalue weighted by Gasteiger charge is 2.20. The predicted octanol–water partition coefficient (Wildman–Crippen LogP) is 15.0. The fraction of sp³-hybridized carbons (Fsp3) is 0. The maximum Gasteiger partial charge on any atom is 0.160 e. The Hall–Kier alpha value is -8.34. The molecular weight excluding hydrogens is 753 g/mol. The first-order chi connectivity index (χ1) is 30.7. The number of fused-ring (bicyclic) bond motifs is 5. The Morgan fingerprint density at radius 2 is 0.694 bits per heavy atom. The molecule has 0 unspecified atom stereocenters. The van der Waals surface area contributed by atoms with Crippen LogP contribution in [0.15, 0.2) is 219 Å². The summed E-state index contributed by atoms with van der Waals surface area (Å²) in [6.45, 7) is 0. The quantitative estimate of drug-likeness (QED) is 0.158. The average molecular weight is 789 g/mol. The molecule has 0 fully saturated rings. The molecule has 288 valence electrons. The first-order valence-electron chi connectivity index (χ1n) is 20.9. The van der Waals surface area contributed by atoms with E-state index in [1.54, 1.807) is 0 Å². The molecular formula is C58H36N4. The Morgan fingerprint density at radius 1 is 0.258 bits per heavy atom. The van der Waals surface area contributed by atoms with Gasteiger partial charge in [0.25, 0.3) is 0 Å². The van der Waals surface area contributed by atoms with Gasteiger partial charge < -0.3 is 0 Å². The molecule has 0 saturated carbocycles. The van der Waals surface area contributed by atoms with Crippen molar-refractivity contribution in [1.82, 2.24) is 19.9 Å². The lowest BCUT2D eigenvalue weighted by Crippen LogP contribution is -1.98. The topological polar surface area (TPSA) is 51.6 Å². The van der Waals surface area contributed by atoms with Crippen LogP contribution in [0.5, 0.6) is 0 Å².